The van der Waals surface area contributed by atoms with Crippen molar-refractivity contribution in [3.63, 3.8) is 0 Å². The van der Waals surface area contributed by atoms with Gasteiger partial charge in [-0.15, -0.1) is 4.68 Å². The molecule has 4 N–H and O–H groups in total. The monoisotopic (exact) mass is 464 g/mol. The van der Waals surface area contributed by atoms with Crippen molar-refractivity contribution in [3.05, 3.63) is 70.0 Å². The maximum Gasteiger partial charge on any atom is 0.322 e. The summed E-state index contributed by atoms with van der Waals surface area (Å²) in [6, 6.07) is 13.1. The maximum atomic E-state index is 10.8. The number of hydrogen-bond donors (Lipinski definition) is 2. The van der Waals surface area contributed by atoms with E-state index in [4.69, 9.17) is 11.6 Å². The zero-order valence-electron chi connectivity index (χ0n) is 15.7. The van der Waals surface area contributed by atoms with Crippen molar-refractivity contribution < 1.29 is 17.6 Å². The summed E-state index contributed by atoms with van der Waals surface area (Å²) in [5.74, 6) is 6.12. The van der Waals surface area contributed by atoms with Gasteiger partial charge in [0.25, 0.3) is 0 Å². The van der Waals surface area contributed by atoms with Gasteiger partial charge < -0.3 is 4.55 Å². The largest absolute Gasteiger partial charge is 0.744 e. The lowest BCUT2D eigenvalue weighted by Crippen LogP contribution is -2.47. The SMILES string of the molecule is Cc1cc(C)c(S(=O)(=O)[O-])c(C)c1.Nc1c(-c2ccccc2)nc(Br)c[n+]1N. The molecule has 0 fully saturated rings. The van der Waals surface area contributed by atoms with E-state index in [9.17, 15) is 13.0 Å². The topological polar surface area (TPSA) is 126 Å². The quantitative estimate of drug-likeness (QED) is 0.340. The molecule has 0 atom stereocenters. The van der Waals surface area contributed by atoms with Crippen LogP contribution in [-0.2, 0) is 10.1 Å². The summed E-state index contributed by atoms with van der Waals surface area (Å²) in [6.07, 6.45) is 1.61. The number of halogens is 1. The van der Waals surface area contributed by atoms with E-state index in [1.807, 2.05) is 37.3 Å². The standard InChI is InChI=1S/C10H9BrN4.C9H12O3S/c11-8-6-15(13)10(12)9(14-8)7-4-2-1-3-5-7;1-6-4-7(2)9(8(3)5-6)13(10,11)12/h1-6,12H,13H2;4-5H,1-3H3,(H,10,11,12). The first-order valence-electron chi connectivity index (χ1n) is 8.22. The molecule has 0 bridgehead atoms. The Morgan fingerprint density at radius 2 is 1.61 bits per heavy atom. The van der Waals surface area contributed by atoms with E-state index in [-0.39, 0.29) is 4.90 Å². The van der Waals surface area contributed by atoms with E-state index in [2.05, 4.69) is 20.9 Å². The lowest BCUT2D eigenvalue weighted by atomic mass is 10.1. The smallest absolute Gasteiger partial charge is 0.322 e. The number of aryl methyl sites for hydroxylation is 3. The van der Waals surface area contributed by atoms with Crippen LogP contribution in [0.2, 0.25) is 0 Å². The second-order valence-electron chi connectivity index (χ2n) is 6.25. The average Bonchev–Trinajstić information content (AvgIpc) is 2.57. The van der Waals surface area contributed by atoms with Crippen LogP contribution in [0.1, 0.15) is 16.7 Å². The Labute approximate surface area is 172 Å². The van der Waals surface area contributed by atoms with E-state index < -0.39 is 10.1 Å². The van der Waals surface area contributed by atoms with Gasteiger partial charge in [-0.1, -0.05) is 48.0 Å². The lowest BCUT2D eigenvalue weighted by Gasteiger charge is -2.14. The summed E-state index contributed by atoms with van der Waals surface area (Å²) >= 11 is 3.28. The van der Waals surface area contributed by atoms with Crippen molar-refractivity contribution >= 4 is 31.9 Å². The molecule has 28 heavy (non-hydrogen) atoms. The highest BCUT2D eigenvalue weighted by Gasteiger charge is 2.14. The third-order valence-electron chi connectivity index (χ3n) is 3.89. The molecule has 0 radical (unpaired) electrons. The first-order valence-corrected chi connectivity index (χ1v) is 10.4. The molecular formula is C19H21BrN4O3S. The van der Waals surface area contributed by atoms with Crippen LogP contribution >= 0.6 is 15.9 Å². The number of benzene rings is 2. The Hall–Kier alpha value is -2.49. The first kappa shape index (κ1) is 21.8. The summed E-state index contributed by atoms with van der Waals surface area (Å²) in [7, 11) is -4.33. The minimum atomic E-state index is -4.33. The van der Waals surface area contributed by atoms with Crippen LogP contribution in [-0.4, -0.2) is 18.0 Å². The Morgan fingerprint density at radius 1 is 1.07 bits per heavy atom. The molecule has 0 aliphatic rings. The van der Waals surface area contributed by atoms with Crippen LogP contribution in [0.15, 0.2) is 58.2 Å². The summed E-state index contributed by atoms with van der Waals surface area (Å²) in [6.45, 7) is 5.12. The number of anilines is 1. The summed E-state index contributed by atoms with van der Waals surface area (Å²) in [5, 5.41) is 0. The van der Waals surface area contributed by atoms with Crippen molar-refractivity contribution in [1.29, 1.82) is 0 Å². The third kappa shape index (κ3) is 5.28. The lowest BCUT2D eigenvalue weighted by molar-refractivity contribution is -0.624. The van der Waals surface area contributed by atoms with Gasteiger partial charge in [0.1, 0.15) is 14.7 Å². The van der Waals surface area contributed by atoms with E-state index in [0.717, 1.165) is 11.1 Å². The van der Waals surface area contributed by atoms with Crippen molar-refractivity contribution in [2.75, 3.05) is 11.6 Å². The third-order valence-corrected chi connectivity index (χ3v) is 5.41. The van der Waals surface area contributed by atoms with Gasteiger partial charge in [0, 0.05) is 5.56 Å². The highest BCUT2D eigenvalue weighted by molar-refractivity contribution is 9.10. The molecule has 0 aliphatic heterocycles. The number of aromatic nitrogens is 2. The van der Waals surface area contributed by atoms with Crippen LogP contribution in [0.5, 0.6) is 0 Å². The second-order valence-corrected chi connectivity index (χ2v) is 8.38. The Balaban J connectivity index is 0.000000203. The Kier molecular flexibility index (Phi) is 6.76. The first-order chi connectivity index (χ1) is 13.0. The molecule has 7 nitrogen and oxygen atoms in total. The minimum Gasteiger partial charge on any atom is -0.744 e. The molecular weight excluding hydrogens is 444 g/mol. The molecule has 0 aliphatic carbocycles. The number of hydrogen-bond acceptors (Lipinski definition) is 6. The molecule has 0 amide bonds. The van der Waals surface area contributed by atoms with Gasteiger partial charge in [0.2, 0.25) is 0 Å². The highest BCUT2D eigenvalue weighted by atomic mass is 79.9. The summed E-state index contributed by atoms with van der Waals surface area (Å²) in [5.41, 5.74) is 9.45. The Bertz CT molecular complexity index is 1080. The zero-order chi connectivity index (χ0) is 21.1. The van der Waals surface area contributed by atoms with E-state index in [1.54, 1.807) is 32.2 Å². The van der Waals surface area contributed by atoms with E-state index >= 15 is 0 Å². The minimum absolute atomic E-state index is 0.0851. The van der Waals surface area contributed by atoms with Gasteiger partial charge in [-0.2, -0.15) is 0 Å². The summed E-state index contributed by atoms with van der Waals surface area (Å²) in [4.78, 5) is 4.21. The maximum absolute atomic E-state index is 10.8. The van der Waals surface area contributed by atoms with E-state index in [0.29, 0.717) is 27.2 Å². The molecule has 3 rings (SSSR count). The molecule has 9 heteroatoms. The van der Waals surface area contributed by atoms with Crippen molar-refractivity contribution in [1.82, 2.24) is 4.98 Å². The van der Waals surface area contributed by atoms with Crippen molar-refractivity contribution in [2.45, 2.75) is 25.7 Å². The van der Waals surface area contributed by atoms with Gasteiger partial charge in [0.15, 0.2) is 11.9 Å². The highest BCUT2D eigenvalue weighted by Crippen LogP contribution is 2.22. The van der Waals surface area contributed by atoms with Crippen LogP contribution < -0.4 is 16.3 Å². The van der Waals surface area contributed by atoms with Gasteiger partial charge in [0.05, 0.1) is 4.90 Å². The van der Waals surface area contributed by atoms with Gasteiger partial charge >= 0.3 is 5.82 Å². The summed E-state index contributed by atoms with van der Waals surface area (Å²) < 4.78 is 34.5. The molecule has 0 unspecified atom stereocenters. The molecule has 0 saturated carbocycles. The van der Waals surface area contributed by atoms with Crippen LogP contribution in [0, 0.1) is 20.8 Å². The van der Waals surface area contributed by atoms with Crippen LogP contribution in [0.4, 0.5) is 5.82 Å². The molecule has 3 aromatic rings. The molecule has 148 valence electrons. The predicted octanol–water partition coefficient (Wildman–Crippen LogP) is 2.61. The normalized spacial score (nSPS) is 10.9. The molecule has 0 saturated heterocycles. The molecule has 1 heterocycles. The zero-order valence-corrected chi connectivity index (χ0v) is 18.1. The number of nitrogens with zero attached hydrogens (tertiary/aromatic N) is 2. The second kappa shape index (κ2) is 8.68. The van der Waals surface area contributed by atoms with Gasteiger partial charge in [-0.25, -0.2) is 13.4 Å². The van der Waals surface area contributed by atoms with Crippen molar-refractivity contribution in [3.8, 4) is 11.3 Å². The fourth-order valence-electron chi connectivity index (χ4n) is 2.87. The molecule has 2 aromatic carbocycles. The molecule has 0 spiro atoms. The van der Waals surface area contributed by atoms with E-state index in [1.165, 1.54) is 4.68 Å². The predicted molar refractivity (Wildman–Crippen MR) is 111 cm³/mol. The van der Waals surface area contributed by atoms with Crippen molar-refractivity contribution in [2.24, 2.45) is 0 Å². The van der Waals surface area contributed by atoms with Gasteiger partial charge in [-0.3, -0.25) is 11.6 Å². The van der Waals surface area contributed by atoms with Gasteiger partial charge in [-0.05, 0) is 47.8 Å². The fraction of sp³-hybridized carbons (Fsp3) is 0.158. The fourth-order valence-corrected chi connectivity index (χ4v) is 4.17. The Morgan fingerprint density at radius 3 is 2.11 bits per heavy atom. The number of nitrogens with two attached hydrogens (primary N) is 2. The van der Waals surface area contributed by atoms with Crippen LogP contribution in [0.3, 0.4) is 0 Å². The number of nitrogen functional groups attached to an aromatic ring is 2. The molecule has 1 aromatic heterocycles. The average molecular weight is 465 g/mol. The van der Waals surface area contributed by atoms with Crippen LogP contribution in [0.25, 0.3) is 11.3 Å². The number of rotatable bonds is 2.